The molecule has 3 heteroatoms. The molecule has 0 fully saturated rings. The first-order valence-corrected chi connectivity index (χ1v) is 5.64. The topological polar surface area (TPSA) is 38.0 Å². The summed E-state index contributed by atoms with van der Waals surface area (Å²) in [5, 5.41) is 3.28. The van der Waals surface area contributed by atoms with Crippen LogP contribution in [-0.4, -0.2) is 12.6 Å². The van der Waals surface area contributed by atoms with Gasteiger partial charge in [0.05, 0.1) is 6.04 Å². The summed E-state index contributed by atoms with van der Waals surface area (Å²) in [7, 11) is 0. The van der Waals surface area contributed by atoms with E-state index in [0.717, 1.165) is 10.0 Å². The quantitative estimate of drug-likeness (QED) is 0.819. The lowest BCUT2D eigenvalue weighted by Gasteiger charge is -2.19. The van der Waals surface area contributed by atoms with Crippen LogP contribution in [-0.2, 0) is 0 Å². The average molecular weight is 267 g/mol. The van der Waals surface area contributed by atoms with Gasteiger partial charge in [0.2, 0.25) is 0 Å². The first-order chi connectivity index (χ1) is 7.17. The van der Waals surface area contributed by atoms with Crippen LogP contribution in [0.25, 0.3) is 0 Å². The Morgan fingerprint density at radius 1 is 1.47 bits per heavy atom. The van der Waals surface area contributed by atoms with Crippen LogP contribution in [0, 0.1) is 12.3 Å². The van der Waals surface area contributed by atoms with Gasteiger partial charge in [0.15, 0.2) is 0 Å². The third-order valence-electron chi connectivity index (χ3n) is 2.21. The minimum absolute atomic E-state index is 0.0298. The molecule has 80 valence electrons. The smallest absolute Gasteiger partial charge is 0.0663 e. The summed E-state index contributed by atoms with van der Waals surface area (Å²) < 4.78 is 1.06. The summed E-state index contributed by atoms with van der Waals surface area (Å²) >= 11 is 3.40. The van der Waals surface area contributed by atoms with E-state index < -0.39 is 0 Å². The SMILES string of the molecule is C#CC(C)NC(CN)c1ccc(Br)cc1. The molecular weight excluding hydrogens is 252 g/mol. The third kappa shape index (κ3) is 3.67. The molecule has 0 bridgehead atoms. The van der Waals surface area contributed by atoms with Gasteiger partial charge in [0.1, 0.15) is 0 Å². The fourth-order valence-corrected chi connectivity index (χ4v) is 1.61. The van der Waals surface area contributed by atoms with E-state index in [0.29, 0.717) is 6.54 Å². The first-order valence-electron chi connectivity index (χ1n) is 4.85. The van der Waals surface area contributed by atoms with Crippen LogP contribution in [0.4, 0.5) is 0 Å². The van der Waals surface area contributed by atoms with E-state index in [1.165, 1.54) is 0 Å². The molecule has 0 saturated heterocycles. The Labute approximate surface area is 99.4 Å². The van der Waals surface area contributed by atoms with Crippen LogP contribution in [0.5, 0.6) is 0 Å². The molecule has 0 aromatic heterocycles. The van der Waals surface area contributed by atoms with Crippen LogP contribution in [0.2, 0.25) is 0 Å². The predicted molar refractivity (Wildman–Crippen MR) is 67.4 cm³/mol. The van der Waals surface area contributed by atoms with Crippen molar-refractivity contribution in [3.8, 4) is 12.3 Å². The van der Waals surface area contributed by atoms with Gasteiger partial charge in [-0.1, -0.05) is 34.0 Å². The van der Waals surface area contributed by atoms with Gasteiger partial charge in [-0.05, 0) is 24.6 Å². The van der Waals surface area contributed by atoms with Gasteiger partial charge in [-0.15, -0.1) is 6.42 Å². The molecule has 0 radical (unpaired) electrons. The molecule has 1 rings (SSSR count). The highest BCUT2D eigenvalue weighted by molar-refractivity contribution is 9.10. The number of hydrogen-bond donors (Lipinski definition) is 2. The van der Waals surface area contributed by atoms with Crippen LogP contribution >= 0.6 is 15.9 Å². The first kappa shape index (κ1) is 12.3. The molecule has 3 N–H and O–H groups in total. The van der Waals surface area contributed by atoms with E-state index >= 15 is 0 Å². The lowest BCUT2D eigenvalue weighted by molar-refractivity contribution is 0.518. The zero-order chi connectivity index (χ0) is 11.3. The minimum Gasteiger partial charge on any atom is -0.329 e. The van der Waals surface area contributed by atoms with E-state index in [9.17, 15) is 0 Å². The number of benzene rings is 1. The van der Waals surface area contributed by atoms with Crippen molar-refractivity contribution >= 4 is 15.9 Å². The van der Waals surface area contributed by atoms with E-state index in [2.05, 4.69) is 27.2 Å². The summed E-state index contributed by atoms with van der Waals surface area (Å²) in [5.74, 6) is 2.63. The molecule has 0 spiro atoms. The third-order valence-corrected chi connectivity index (χ3v) is 2.74. The number of halogens is 1. The van der Waals surface area contributed by atoms with Crippen LogP contribution in [0.1, 0.15) is 18.5 Å². The van der Waals surface area contributed by atoms with Gasteiger partial charge in [0, 0.05) is 17.1 Å². The average Bonchev–Trinajstić information content (AvgIpc) is 2.27. The normalized spacial score (nSPS) is 14.3. The Morgan fingerprint density at radius 3 is 2.53 bits per heavy atom. The molecule has 15 heavy (non-hydrogen) atoms. The second-order valence-corrected chi connectivity index (χ2v) is 4.31. The zero-order valence-electron chi connectivity index (χ0n) is 8.70. The highest BCUT2D eigenvalue weighted by Crippen LogP contribution is 2.16. The molecule has 0 heterocycles. The van der Waals surface area contributed by atoms with Crippen molar-refractivity contribution < 1.29 is 0 Å². The molecule has 0 saturated carbocycles. The van der Waals surface area contributed by atoms with E-state index in [1.54, 1.807) is 0 Å². The molecular formula is C12H15BrN2. The lowest BCUT2D eigenvalue weighted by Crippen LogP contribution is -2.34. The van der Waals surface area contributed by atoms with Gasteiger partial charge in [-0.2, -0.15) is 0 Å². The van der Waals surface area contributed by atoms with Gasteiger partial charge >= 0.3 is 0 Å². The summed E-state index contributed by atoms with van der Waals surface area (Å²) in [5.41, 5.74) is 6.86. The monoisotopic (exact) mass is 266 g/mol. The highest BCUT2D eigenvalue weighted by atomic mass is 79.9. The Kier molecular flexibility index (Phi) is 4.83. The maximum atomic E-state index is 5.70. The standard InChI is InChI=1S/C12H15BrN2/c1-3-9(2)15-12(8-14)10-4-6-11(13)7-5-10/h1,4-7,9,12,15H,8,14H2,2H3. The van der Waals surface area contributed by atoms with Crippen LogP contribution in [0.15, 0.2) is 28.7 Å². The second-order valence-electron chi connectivity index (χ2n) is 3.39. The number of nitrogens with one attached hydrogen (secondary N) is 1. The summed E-state index contributed by atoms with van der Waals surface area (Å²) in [4.78, 5) is 0. The molecule has 2 nitrogen and oxygen atoms in total. The van der Waals surface area contributed by atoms with Crippen LogP contribution in [0.3, 0.4) is 0 Å². The number of nitrogens with two attached hydrogens (primary N) is 1. The molecule has 0 aliphatic heterocycles. The number of rotatable bonds is 4. The molecule has 0 aliphatic carbocycles. The van der Waals surface area contributed by atoms with Crippen molar-refractivity contribution in [2.75, 3.05) is 6.54 Å². The Balaban J connectivity index is 2.75. The summed E-state index contributed by atoms with van der Waals surface area (Å²) in [6.07, 6.45) is 5.32. The number of hydrogen-bond acceptors (Lipinski definition) is 2. The molecule has 0 aliphatic rings. The fraction of sp³-hybridized carbons (Fsp3) is 0.333. The molecule has 2 unspecified atom stereocenters. The zero-order valence-corrected chi connectivity index (χ0v) is 10.3. The molecule has 2 atom stereocenters. The highest BCUT2D eigenvalue weighted by Gasteiger charge is 2.10. The minimum atomic E-state index is 0.0298. The van der Waals surface area contributed by atoms with Gasteiger partial charge < -0.3 is 5.73 Å². The molecule has 1 aromatic rings. The van der Waals surface area contributed by atoms with E-state index in [-0.39, 0.29) is 12.1 Å². The van der Waals surface area contributed by atoms with Crippen molar-refractivity contribution in [3.05, 3.63) is 34.3 Å². The van der Waals surface area contributed by atoms with Crippen LogP contribution < -0.4 is 11.1 Å². The van der Waals surface area contributed by atoms with Crippen molar-refractivity contribution in [3.63, 3.8) is 0 Å². The Bertz CT molecular complexity index is 340. The van der Waals surface area contributed by atoms with Gasteiger partial charge in [0.25, 0.3) is 0 Å². The van der Waals surface area contributed by atoms with Gasteiger partial charge in [-0.25, -0.2) is 0 Å². The van der Waals surface area contributed by atoms with Crippen molar-refractivity contribution in [2.24, 2.45) is 5.73 Å². The van der Waals surface area contributed by atoms with E-state index in [4.69, 9.17) is 12.2 Å². The van der Waals surface area contributed by atoms with Crippen molar-refractivity contribution in [1.29, 1.82) is 0 Å². The van der Waals surface area contributed by atoms with Crippen molar-refractivity contribution in [1.82, 2.24) is 5.32 Å². The Hall–Kier alpha value is -0.820. The summed E-state index contributed by atoms with van der Waals surface area (Å²) in [6, 6.07) is 8.22. The Morgan fingerprint density at radius 2 is 2.07 bits per heavy atom. The van der Waals surface area contributed by atoms with Gasteiger partial charge in [-0.3, -0.25) is 5.32 Å². The lowest BCUT2D eigenvalue weighted by atomic mass is 10.1. The maximum Gasteiger partial charge on any atom is 0.0663 e. The van der Waals surface area contributed by atoms with E-state index in [1.807, 2.05) is 31.2 Å². The second kappa shape index (κ2) is 5.92. The maximum absolute atomic E-state index is 5.70. The fourth-order valence-electron chi connectivity index (χ4n) is 1.35. The van der Waals surface area contributed by atoms with Crippen molar-refractivity contribution in [2.45, 2.75) is 19.0 Å². The predicted octanol–water partition coefficient (Wildman–Crippen LogP) is 2.06. The largest absolute Gasteiger partial charge is 0.329 e. The molecule has 0 amide bonds. The molecule has 1 aromatic carbocycles. The summed E-state index contributed by atoms with van der Waals surface area (Å²) in [6.45, 7) is 2.48. The number of terminal acetylenes is 1.